The molecule has 6 N–H and O–H groups in total. The molecule has 1 fully saturated rings. The molecule has 0 bridgehead atoms. The zero-order valence-electron chi connectivity index (χ0n) is 51.3. The van der Waals surface area contributed by atoms with Gasteiger partial charge >= 0.3 is 17.9 Å². The maximum Gasteiger partial charge on any atom is 0.306 e. The maximum absolute atomic E-state index is 14.3. The molecule has 0 unspecified atom stereocenters. The number of carbonyl (C=O) groups is 8. The second kappa shape index (κ2) is 48.6. The van der Waals surface area contributed by atoms with E-state index in [-0.39, 0.29) is 38.1 Å². The Kier molecular flexibility index (Phi) is 45.1. The van der Waals surface area contributed by atoms with E-state index in [1.165, 1.54) is 143 Å². The molecule has 0 spiro atoms. The topological polar surface area (TPSA) is 265 Å². The summed E-state index contributed by atoms with van der Waals surface area (Å²) in [5, 5.41) is 19.2. The average Bonchev–Trinajstić information content (AvgIpc) is 3.47. The highest BCUT2D eigenvalue weighted by Gasteiger charge is 2.49. The monoisotopic (exact) mass is 1170 g/mol. The normalized spacial score (nSPS) is 18.4. The van der Waals surface area contributed by atoms with Crippen molar-refractivity contribution in [2.45, 2.75) is 333 Å². The second-order valence-electron chi connectivity index (χ2n) is 22.5. The van der Waals surface area contributed by atoms with E-state index < -0.39 is 101 Å². The predicted octanol–water partition coefficient (Wildman–Crippen LogP) is 11.2. The molecule has 0 saturated carbocycles. The molecule has 9 atom stereocenters. The first-order valence-corrected chi connectivity index (χ1v) is 32.6. The SMILES string of the molecule is CCCCCCCCCCCCCC(=O)OC[C@H]1O[C@@H](SC(=O)C[C@H](CCCCCCCCCCC)OC(=O)CCCCCCCCCCCCC)[C@H](NC(C)=O)[C@@H](O[C@H](C)C(=O)N[C@@H](C)C(=O)N[C@H](CCC(=O)OC)C(N)=O)[C@@H]1O. The van der Waals surface area contributed by atoms with Gasteiger partial charge in [0.05, 0.1) is 19.6 Å². The summed E-state index contributed by atoms with van der Waals surface area (Å²) in [6.45, 7) is 10.2. The van der Waals surface area contributed by atoms with Crippen molar-refractivity contribution in [1.82, 2.24) is 16.0 Å². The van der Waals surface area contributed by atoms with Crippen LogP contribution in [-0.4, -0.2) is 120 Å². The van der Waals surface area contributed by atoms with Gasteiger partial charge in [0.2, 0.25) is 23.6 Å². The molecule has 0 radical (unpaired) electrons. The third-order valence-corrected chi connectivity index (χ3v) is 16.1. The Morgan fingerprint density at radius 3 is 1.49 bits per heavy atom. The number of hydrogen-bond acceptors (Lipinski definition) is 15. The molecular formula is C62H112N4O14S. The number of esters is 3. The minimum Gasteiger partial charge on any atom is -0.469 e. The van der Waals surface area contributed by atoms with Crippen LogP contribution in [0.4, 0.5) is 0 Å². The molecule has 81 heavy (non-hydrogen) atoms. The molecule has 0 aromatic heterocycles. The summed E-state index contributed by atoms with van der Waals surface area (Å²) in [5.74, 6) is -4.52. The molecule has 1 heterocycles. The van der Waals surface area contributed by atoms with E-state index in [4.69, 9.17) is 24.7 Å². The fourth-order valence-corrected chi connectivity index (χ4v) is 11.1. The number of unbranched alkanes of at least 4 members (excludes halogenated alkanes) is 28. The number of aliphatic hydroxyl groups is 1. The van der Waals surface area contributed by atoms with E-state index in [0.717, 1.165) is 82.4 Å². The first-order chi connectivity index (χ1) is 39.0. The number of methoxy groups -OCH3 is 1. The molecule has 1 aliphatic heterocycles. The number of carbonyl (C=O) groups excluding carboxylic acids is 8. The summed E-state index contributed by atoms with van der Waals surface area (Å²) in [5.41, 5.74) is 4.23. The molecule has 0 aliphatic carbocycles. The highest BCUT2D eigenvalue weighted by atomic mass is 32.2. The molecule has 0 aromatic carbocycles. The van der Waals surface area contributed by atoms with E-state index in [1.807, 2.05) is 0 Å². The lowest BCUT2D eigenvalue weighted by atomic mass is 9.97. The van der Waals surface area contributed by atoms with Crippen molar-refractivity contribution in [1.29, 1.82) is 0 Å². The smallest absolute Gasteiger partial charge is 0.306 e. The number of rotatable bonds is 51. The molecular weight excluding hydrogens is 1060 g/mol. The Hall–Kier alpha value is -3.81. The Bertz CT molecular complexity index is 1740. The zero-order valence-corrected chi connectivity index (χ0v) is 52.1. The van der Waals surface area contributed by atoms with Crippen molar-refractivity contribution in [2.75, 3.05) is 13.7 Å². The van der Waals surface area contributed by atoms with E-state index in [1.54, 1.807) is 0 Å². The molecule has 4 amide bonds. The molecule has 19 heteroatoms. The summed E-state index contributed by atoms with van der Waals surface area (Å²) in [7, 11) is 1.18. The van der Waals surface area contributed by atoms with E-state index >= 15 is 0 Å². The van der Waals surface area contributed by atoms with Crippen LogP contribution < -0.4 is 21.7 Å². The van der Waals surface area contributed by atoms with E-state index in [2.05, 4.69) is 41.5 Å². The zero-order chi connectivity index (χ0) is 60.0. The highest BCUT2D eigenvalue weighted by Crippen LogP contribution is 2.33. The quantitative estimate of drug-likeness (QED) is 0.0215. The third kappa shape index (κ3) is 37.9. The van der Waals surface area contributed by atoms with Crippen LogP contribution in [0.5, 0.6) is 0 Å². The fraction of sp³-hybridized carbons (Fsp3) is 0.871. The average molecular weight is 1170 g/mol. The Morgan fingerprint density at radius 1 is 0.580 bits per heavy atom. The van der Waals surface area contributed by atoms with Gasteiger partial charge in [0, 0.05) is 26.2 Å². The second-order valence-corrected chi connectivity index (χ2v) is 23.6. The Morgan fingerprint density at radius 2 is 1.04 bits per heavy atom. The summed E-state index contributed by atoms with van der Waals surface area (Å²) < 4.78 is 28.9. The summed E-state index contributed by atoms with van der Waals surface area (Å²) in [6.07, 6.45) is 28.7. The summed E-state index contributed by atoms with van der Waals surface area (Å²) >= 11 is 0.738. The standard InChI is InChI=1S/C62H112N4O14S/c1-8-11-14-17-20-23-25-28-31-34-37-40-53(69)77-45-51-57(72)58(78-47(5)61(75)64-46(4)60(74)66-50(59(63)73)42-43-52(68)76-7)56(65-48(6)67)62(80-51)81-55(71)44-49(39-36-33-30-27-22-19-16-13-10-3)79-54(70)41-38-35-32-29-26-24-21-18-15-12-9-2/h46-47,49-51,56-58,62,72H,8-45H2,1-7H3,(H2,63,73)(H,64,75)(H,65,67)(H,66,74)/t46-,47+,49-,50+,51+,56+,57+,58+,62-/m0/s1. The van der Waals surface area contributed by atoms with Gasteiger partial charge in [-0.3, -0.25) is 38.4 Å². The summed E-state index contributed by atoms with van der Waals surface area (Å²) in [4.78, 5) is 104. The minimum absolute atomic E-state index is 0.137. The van der Waals surface area contributed by atoms with Crippen molar-refractivity contribution in [3.8, 4) is 0 Å². The number of nitrogens with two attached hydrogens (primary N) is 1. The van der Waals surface area contributed by atoms with Gasteiger partial charge in [0.1, 0.15) is 54.6 Å². The van der Waals surface area contributed by atoms with Crippen LogP contribution in [0.15, 0.2) is 0 Å². The summed E-state index contributed by atoms with van der Waals surface area (Å²) in [6, 6.07) is -3.71. The molecule has 1 aliphatic rings. The molecule has 1 saturated heterocycles. The van der Waals surface area contributed by atoms with Crippen LogP contribution in [0.2, 0.25) is 0 Å². The van der Waals surface area contributed by atoms with Crippen LogP contribution in [0.25, 0.3) is 0 Å². The number of amides is 4. The largest absolute Gasteiger partial charge is 0.469 e. The third-order valence-electron chi connectivity index (χ3n) is 15.0. The van der Waals surface area contributed by atoms with Gasteiger partial charge < -0.3 is 50.5 Å². The van der Waals surface area contributed by atoms with Gasteiger partial charge in [-0.05, 0) is 46.0 Å². The fourth-order valence-electron chi connectivity index (χ4n) is 9.95. The van der Waals surface area contributed by atoms with Crippen molar-refractivity contribution < 1.29 is 67.1 Å². The molecule has 470 valence electrons. The number of aliphatic hydroxyl groups excluding tert-OH is 1. The van der Waals surface area contributed by atoms with Crippen LogP contribution in [0.3, 0.4) is 0 Å². The first kappa shape index (κ1) is 75.2. The number of hydrogen-bond donors (Lipinski definition) is 5. The van der Waals surface area contributed by atoms with Crippen molar-refractivity contribution in [2.24, 2.45) is 5.73 Å². The minimum atomic E-state index is -1.61. The lowest BCUT2D eigenvalue weighted by molar-refractivity contribution is -0.204. The number of thioether (sulfide) groups is 1. The van der Waals surface area contributed by atoms with Gasteiger partial charge in [-0.2, -0.15) is 0 Å². The van der Waals surface area contributed by atoms with Gasteiger partial charge in [0.25, 0.3) is 0 Å². The molecule has 1 rings (SSSR count). The first-order valence-electron chi connectivity index (χ1n) is 31.7. The van der Waals surface area contributed by atoms with Crippen molar-refractivity contribution in [3.63, 3.8) is 0 Å². The van der Waals surface area contributed by atoms with Crippen LogP contribution in [0.1, 0.15) is 279 Å². The Labute approximate surface area is 492 Å². The maximum atomic E-state index is 14.3. The van der Waals surface area contributed by atoms with Crippen LogP contribution >= 0.6 is 11.8 Å². The molecule has 18 nitrogen and oxygen atoms in total. The van der Waals surface area contributed by atoms with Gasteiger partial charge in [0.15, 0.2) is 5.12 Å². The lowest BCUT2D eigenvalue weighted by Crippen LogP contribution is -2.65. The number of nitrogens with one attached hydrogen (secondary N) is 3. The molecule has 0 aromatic rings. The van der Waals surface area contributed by atoms with Gasteiger partial charge in [-0.1, -0.05) is 212 Å². The van der Waals surface area contributed by atoms with Crippen molar-refractivity contribution in [3.05, 3.63) is 0 Å². The number of primary amides is 1. The van der Waals surface area contributed by atoms with Crippen molar-refractivity contribution >= 4 is 58.4 Å². The Balaban J connectivity index is 3.27. The highest BCUT2D eigenvalue weighted by molar-refractivity contribution is 8.14. The number of ether oxygens (including phenoxy) is 5. The van der Waals surface area contributed by atoms with Gasteiger partial charge in [-0.25, -0.2) is 0 Å². The lowest BCUT2D eigenvalue weighted by Gasteiger charge is -2.44. The van der Waals surface area contributed by atoms with E-state index in [0.29, 0.717) is 19.3 Å². The predicted molar refractivity (Wildman–Crippen MR) is 319 cm³/mol. The van der Waals surface area contributed by atoms with Crippen LogP contribution in [-0.2, 0) is 62.0 Å². The van der Waals surface area contributed by atoms with Crippen LogP contribution in [0, 0.1) is 0 Å². The van der Waals surface area contributed by atoms with E-state index in [9.17, 15) is 43.5 Å². The van der Waals surface area contributed by atoms with Gasteiger partial charge in [-0.15, -0.1) is 0 Å².